The summed E-state index contributed by atoms with van der Waals surface area (Å²) >= 11 is 5.66. The van der Waals surface area contributed by atoms with E-state index in [4.69, 9.17) is 4.74 Å². The second-order valence-corrected chi connectivity index (χ2v) is 9.54. The van der Waals surface area contributed by atoms with Crippen molar-refractivity contribution < 1.29 is 14.5 Å². The molecule has 4 rings (SSSR count). The maximum absolute atomic E-state index is 12.7. The third-order valence-corrected chi connectivity index (χ3v) is 7.15. The molecule has 3 aromatic rings. The van der Waals surface area contributed by atoms with Gasteiger partial charge in [0.15, 0.2) is 10.6 Å². The van der Waals surface area contributed by atoms with E-state index in [1.807, 2.05) is 66.5 Å². The molecule has 1 atom stereocenters. The molecule has 1 amide bonds. The molecule has 0 fully saturated rings. The lowest BCUT2D eigenvalue weighted by Crippen LogP contribution is -2.40. The zero-order valence-corrected chi connectivity index (χ0v) is 19.4. The van der Waals surface area contributed by atoms with Crippen molar-refractivity contribution in [2.24, 2.45) is 0 Å². The number of benzene rings is 2. The maximum atomic E-state index is 12.7. The average molecular weight is 518 g/mol. The summed E-state index contributed by atoms with van der Waals surface area (Å²) in [7, 11) is 1.87. The molecule has 7 nitrogen and oxygen atoms in total. The lowest BCUT2D eigenvalue weighted by atomic mass is 10.1. The number of nitrogens with one attached hydrogen (secondary N) is 1. The smallest absolute Gasteiger partial charge is 0.324 e. The van der Waals surface area contributed by atoms with E-state index in [9.17, 15) is 14.9 Å². The molecule has 1 aliphatic heterocycles. The summed E-state index contributed by atoms with van der Waals surface area (Å²) in [6.07, 6.45) is 0. The highest BCUT2D eigenvalue weighted by Crippen LogP contribution is 2.42. The van der Waals surface area contributed by atoms with Crippen molar-refractivity contribution in [1.82, 2.24) is 10.2 Å². The van der Waals surface area contributed by atoms with Gasteiger partial charge >= 0.3 is 5.00 Å². The summed E-state index contributed by atoms with van der Waals surface area (Å²) in [4.78, 5) is 25.3. The summed E-state index contributed by atoms with van der Waals surface area (Å²) in [6, 6.07) is 20.0. The SMILES string of the molecule is CN1C(c2ccc(Br)cc2)=C(Oc2ccccc2)SC1NC(=O)c1ccc([N+](=O)[O-])s1. The molecule has 2 heterocycles. The second-order valence-electron chi connectivity index (χ2n) is 6.51. The van der Waals surface area contributed by atoms with Gasteiger partial charge in [-0.15, -0.1) is 0 Å². The lowest BCUT2D eigenvalue weighted by Gasteiger charge is -2.24. The molecule has 0 spiro atoms. The highest BCUT2D eigenvalue weighted by Gasteiger charge is 2.34. The van der Waals surface area contributed by atoms with E-state index in [1.165, 1.54) is 23.9 Å². The first-order chi connectivity index (χ1) is 14.9. The predicted octanol–water partition coefficient (Wildman–Crippen LogP) is 5.52. The molecule has 10 heteroatoms. The number of amides is 1. The van der Waals surface area contributed by atoms with E-state index in [0.29, 0.717) is 10.8 Å². The molecule has 0 saturated heterocycles. The molecule has 31 heavy (non-hydrogen) atoms. The van der Waals surface area contributed by atoms with Crippen LogP contribution in [0.25, 0.3) is 5.70 Å². The second kappa shape index (κ2) is 9.13. The zero-order valence-electron chi connectivity index (χ0n) is 16.2. The Morgan fingerprint density at radius 3 is 2.48 bits per heavy atom. The van der Waals surface area contributed by atoms with Crippen LogP contribution < -0.4 is 10.1 Å². The fourth-order valence-corrected chi connectivity index (χ4v) is 5.09. The van der Waals surface area contributed by atoms with Crippen LogP contribution in [0.5, 0.6) is 5.75 Å². The zero-order chi connectivity index (χ0) is 22.0. The van der Waals surface area contributed by atoms with Crippen molar-refractivity contribution in [2.45, 2.75) is 5.50 Å². The molecule has 0 bridgehead atoms. The van der Waals surface area contributed by atoms with Gasteiger partial charge in [0.2, 0.25) is 0 Å². The number of para-hydroxylation sites is 1. The number of carbonyl (C=O) groups excluding carboxylic acids is 1. The molecular formula is C21H16BrN3O4S2. The number of carbonyl (C=O) groups is 1. The first kappa shape index (κ1) is 21.4. The van der Waals surface area contributed by atoms with Crippen molar-refractivity contribution in [3.63, 3.8) is 0 Å². The van der Waals surface area contributed by atoms with Gasteiger partial charge in [-0.1, -0.05) is 57.6 Å². The molecule has 0 radical (unpaired) electrons. The van der Waals surface area contributed by atoms with E-state index in [0.717, 1.165) is 27.1 Å². The molecule has 0 saturated carbocycles. The Kier molecular flexibility index (Phi) is 6.30. The van der Waals surface area contributed by atoms with Crippen LogP contribution in [0.2, 0.25) is 0 Å². The molecule has 1 N–H and O–H groups in total. The summed E-state index contributed by atoms with van der Waals surface area (Å²) in [5.74, 6) is 0.312. The number of rotatable bonds is 6. The summed E-state index contributed by atoms with van der Waals surface area (Å²) in [5, 5.41) is 14.4. The molecule has 158 valence electrons. The molecule has 0 aliphatic carbocycles. The minimum Gasteiger partial charge on any atom is -0.448 e. The van der Waals surface area contributed by atoms with Gasteiger partial charge in [-0.2, -0.15) is 0 Å². The number of ether oxygens (including phenoxy) is 1. The molecule has 1 unspecified atom stereocenters. The normalized spacial score (nSPS) is 15.8. The largest absolute Gasteiger partial charge is 0.448 e. The Labute approximate surface area is 195 Å². The van der Waals surface area contributed by atoms with Gasteiger partial charge in [-0.25, -0.2) is 0 Å². The average Bonchev–Trinajstić information content (AvgIpc) is 3.36. The van der Waals surface area contributed by atoms with E-state index in [-0.39, 0.29) is 15.8 Å². The highest BCUT2D eigenvalue weighted by molar-refractivity contribution is 9.10. The summed E-state index contributed by atoms with van der Waals surface area (Å²) in [6.45, 7) is 0. The third-order valence-electron chi connectivity index (χ3n) is 4.44. The van der Waals surface area contributed by atoms with Crippen LogP contribution >= 0.6 is 39.0 Å². The Bertz CT molecular complexity index is 1150. The summed E-state index contributed by atoms with van der Waals surface area (Å²) in [5.41, 5.74) is 1.34. The topological polar surface area (TPSA) is 84.7 Å². The Morgan fingerprint density at radius 1 is 1.13 bits per heavy atom. The number of thiophene rings is 1. The van der Waals surface area contributed by atoms with Crippen LogP contribution in [-0.4, -0.2) is 28.3 Å². The van der Waals surface area contributed by atoms with Gasteiger partial charge < -0.3 is 15.0 Å². The fourth-order valence-electron chi connectivity index (χ4n) is 2.95. The monoisotopic (exact) mass is 517 g/mol. The minimum absolute atomic E-state index is 0.0700. The van der Waals surface area contributed by atoms with Crippen LogP contribution in [0.4, 0.5) is 5.00 Å². The third kappa shape index (κ3) is 4.76. The van der Waals surface area contributed by atoms with Crippen LogP contribution in [0, 0.1) is 10.1 Å². The van der Waals surface area contributed by atoms with E-state index < -0.39 is 10.4 Å². The van der Waals surface area contributed by atoms with Crippen molar-refractivity contribution in [3.8, 4) is 5.75 Å². The first-order valence-electron chi connectivity index (χ1n) is 9.10. The van der Waals surface area contributed by atoms with Gasteiger partial charge in [0.1, 0.15) is 5.75 Å². The maximum Gasteiger partial charge on any atom is 0.324 e. The number of hydrogen-bond donors (Lipinski definition) is 1. The van der Waals surface area contributed by atoms with Gasteiger partial charge in [0.25, 0.3) is 5.91 Å². The van der Waals surface area contributed by atoms with Crippen molar-refractivity contribution in [1.29, 1.82) is 0 Å². The van der Waals surface area contributed by atoms with Crippen LogP contribution in [0.1, 0.15) is 15.2 Å². The quantitative estimate of drug-likeness (QED) is 0.342. The Hall–Kier alpha value is -2.82. The van der Waals surface area contributed by atoms with E-state index in [2.05, 4.69) is 21.2 Å². The molecule has 1 aromatic heterocycles. The molecule has 1 aliphatic rings. The molecule has 2 aromatic carbocycles. The Balaban J connectivity index is 1.59. The van der Waals surface area contributed by atoms with Crippen molar-refractivity contribution >= 4 is 55.6 Å². The van der Waals surface area contributed by atoms with Crippen LogP contribution in [-0.2, 0) is 0 Å². The van der Waals surface area contributed by atoms with Gasteiger partial charge in [-0.05, 0) is 42.1 Å². The van der Waals surface area contributed by atoms with Crippen LogP contribution in [0.15, 0.2) is 76.3 Å². The fraction of sp³-hybridized carbons (Fsp3) is 0.0952. The number of thioether (sulfide) groups is 1. The standard InChI is InChI=1S/C21H16BrN3O4S2/c1-24-18(13-7-9-14(22)10-8-13)20(29-15-5-3-2-4-6-15)31-21(24)23-19(26)16-11-12-17(30-16)25(27)28/h2-12,21H,1H3,(H,23,26). The number of nitro groups is 1. The van der Waals surface area contributed by atoms with Gasteiger partial charge in [0, 0.05) is 23.2 Å². The van der Waals surface area contributed by atoms with Crippen LogP contribution in [0.3, 0.4) is 0 Å². The van der Waals surface area contributed by atoms with Crippen molar-refractivity contribution in [2.75, 3.05) is 7.05 Å². The van der Waals surface area contributed by atoms with Gasteiger partial charge in [0.05, 0.1) is 15.5 Å². The minimum atomic E-state index is -0.503. The number of halogens is 1. The van der Waals surface area contributed by atoms with E-state index in [1.54, 1.807) is 0 Å². The molecular weight excluding hydrogens is 502 g/mol. The highest BCUT2D eigenvalue weighted by atomic mass is 79.9. The van der Waals surface area contributed by atoms with Crippen molar-refractivity contribution in [3.05, 3.63) is 96.8 Å². The Morgan fingerprint density at radius 2 is 1.84 bits per heavy atom. The van der Waals surface area contributed by atoms with Gasteiger partial charge in [-0.3, -0.25) is 14.9 Å². The van der Waals surface area contributed by atoms with E-state index >= 15 is 0 Å². The number of nitrogens with zero attached hydrogens (tertiary/aromatic N) is 2. The predicted molar refractivity (Wildman–Crippen MR) is 126 cm³/mol. The summed E-state index contributed by atoms with van der Waals surface area (Å²) < 4.78 is 7.11. The first-order valence-corrected chi connectivity index (χ1v) is 11.6. The lowest BCUT2D eigenvalue weighted by molar-refractivity contribution is -0.380. The number of hydrogen-bond acceptors (Lipinski definition) is 7.